The fourth-order valence-electron chi connectivity index (χ4n) is 2.90. The van der Waals surface area contributed by atoms with Gasteiger partial charge in [-0.05, 0) is 43.1 Å². The standard InChI is InChI=1S/C17H26N2O2/c1-4-19(5-2)11-10-16(20)14-6-8-15-13(12-14)7-9-17(21)18(15)3/h6,8,12,16,20H,4-5,7,9-11H2,1-3H3. The molecule has 4 heteroatoms. The Morgan fingerprint density at radius 1 is 1.29 bits per heavy atom. The van der Waals surface area contributed by atoms with Crippen molar-refractivity contribution in [2.24, 2.45) is 0 Å². The van der Waals surface area contributed by atoms with Gasteiger partial charge in [0.2, 0.25) is 5.91 Å². The van der Waals surface area contributed by atoms with Crippen LogP contribution in [0.3, 0.4) is 0 Å². The van der Waals surface area contributed by atoms with E-state index in [9.17, 15) is 9.90 Å². The Morgan fingerprint density at radius 3 is 2.67 bits per heavy atom. The van der Waals surface area contributed by atoms with Crippen LogP contribution in [0.5, 0.6) is 0 Å². The van der Waals surface area contributed by atoms with Gasteiger partial charge in [-0.1, -0.05) is 26.0 Å². The lowest BCUT2D eigenvalue weighted by Crippen LogP contribution is -2.31. The van der Waals surface area contributed by atoms with E-state index >= 15 is 0 Å². The summed E-state index contributed by atoms with van der Waals surface area (Å²) in [4.78, 5) is 15.7. The van der Waals surface area contributed by atoms with Crippen LogP contribution in [0.1, 0.15) is 43.9 Å². The molecule has 116 valence electrons. The molecule has 4 nitrogen and oxygen atoms in total. The molecule has 1 N–H and O–H groups in total. The normalized spacial score (nSPS) is 16.2. The maximum atomic E-state index is 11.7. The highest BCUT2D eigenvalue weighted by molar-refractivity contribution is 5.95. The summed E-state index contributed by atoms with van der Waals surface area (Å²) in [5, 5.41) is 10.4. The Morgan fingerprint density at radius 2 is 2.00 bits per heavy atom. The third-order valence-corrected chi connectivity index (χ3v) is 4.45. The molecule has 0 spiro atoms. The molecule has 1 aromatic rings. The molecule has 0 fully saturated rings. The van der Waals surface area contributed by atoms with Gasteiger partial charge in [-0.15, -0.1) is 0 Å². The van der Waals surface area contributed by atoms with Crippen molar-refractivity contribution in [2.45, 2.75) is 39.2 Å². The minimum absolute atomic E-state index is 0.164. The number of aliphatic hydroxyl groups excluding tert-OH is 1. The molecule has 1 aliphatic heterocycles. The molecule has 0 saturated heterocycles. The van der Waals surface area contributed by atoms with Crippen molar-refractivity contribution in [1.29, 1.82) is 0 Å². The first-order valence-corrected chi connectivity index (χ1v) is 7.86. The topological polar surface area (TPSA) is 43.8 Å². The summed E-state index contributed by atoms with van der Waals surface area (Å²) in [5.74, 6) is 0.164. The molecule has 1 atom stereocenters. The number of amides is 1. The summed E-state index contributed by atoms with van der Waals surface area (Å²) < 4.78 is 0. The highest BCUT2D eigenvalue weighted by Gasteiger charge is 2.21. The number of hydrogen-bond acceptors (Lipinski definition) is 3. The fourth-order valence-corrected chi connectivity index (χ4v) is 2.90. The van der Waals surface area contributed by atoms with E-state index in [2.05, 4.69) is 24.8 Å². The number of carbonyl (C=O) groups excluding carboxylic acids is 1. The first-order valence-electron chi connectivity index (χ1n) is 7.86. The molecule has 1 aromatic carbocycles. The van der Waals surface area contributed by atoms with Gasteiger partial charge in [-0.25, -0.2) is 0 Å². The van der Waals surface area contributed by atoms with Crippen molar-refractivity contribution >= 4 is 11.6 Å². The van der Waals surface area contributed by atoms with E-state index in [1.807, 2.05) is 19.2 Å². The van der Waals surface area contributed by atoms with Gasteiger partial charge in [0, 0.05) is 25.7 Å². The van der Waals surface area contributed by atoms with Gasteiger partial charge in [0.1, 0.15) is 0 Å². The summed E-state index contributed by atoms with van der Waals surface area (Å²) in [5.41, 5.74) is 3.10. The highest BCUT2D eigenvalue weighted by Crippen LogP contribution is 2.30. The van der Waals surface area contributed by atoms with Crippen LogP contribution in [0, 0.1) is 0 Å². The van der Waals surface area contributed by atoms with E-state index in [0.717, 1.165) is 49.3 Å². The smallest absolute Gasteiger partial charge is 0.227 e. The SMILES string of the molecule is CCN(CC)CCC(O)c1ccc2c(c1)CCC(=O)N2C. The Bertz CT molecular complexity index is 498. The maximum absolute atomic E-state index is 11.7. The predicted octanol–water partition coefficient (Wildman–Crippen LogP) is 2.36. The molecule has 0 saturated carbocycles. The average molecular weight is 290 g/mol. The van der Waals surface area contributed by atoms with Gasteiger partial charge in [0.05, 0.1) is 6.10 Å². The number of fused-ring (bicyclic) bond motifs is 1. The van der Waals surface area contributed by atoms with Crippen molar-refractivity contribution in [3.63, 3.8) is 0 Å². The van der Waals surface area contributed by atoms with Gasteiger partial charge in [0.15, 0.2) is 0 Å². The molecular weight excluding hydrogens is 264 g/mol. The largest absolute Gasteiger partial charge is 0.388 e. The third-order valence-electron chi connectivity index (χ3n) is 4.45. The molecule has 21 heavy (non-hydrogen) atoms. The number of nitrogens with zero attached hydrogens (tertiary/aromatic N) is 2. The van der Waals surface area contributed by atoms with Crippen LogP contribution in [-0.2, 0) is 11.2 Å². The molecule has 1 amide bonds. The number of carbonyl (C=O) groups is 1. The van der Waals surface area contributed by atoms with Gasteiger partial charge in [0.25, 0.3) is 0 Å². The van der Waals surface area contributed by atoms with Crippen LogP contribution in [-0.4, -0.2) is 42.6 Å². The van der Waals surface area contributed by atoms with Gasteiger partial charge in [-0.2, -0.15) is 0 Å². The van der Waals surface area contributed by atoms with Crippen LogP contribution >= 0.6 is 0 Å². The number of benzene rings is 1. The van der Waals surface area contributed by atoms with Gasteiger partial charge < -0.3 is 14.9 Å². The van der Waals surface area contributed by atoms with E-state index in [0.29, 0.717) is 6.42 Å². The van der Waals surface area contributed by atoms with Crippen molar-refractivity contribution in [2.75, 3.05) is 31.6 Å². The van der Waals surface area contributed by atoms with Crippen LogP contribution in [0.25, 0.3) is 0 Å². The maximum Gasteiger partial charge on any atom is 0.227 e. The summed E-state index contributed by atoms with van der Waals surface area (Å²) in [6.07, 6.45) is 1.64. The lowest BCUT2D eigenvalue weighted by atomic mass is 9.96. The summed E-state index contributed by atoms with van der Waals surface area (Å²) in [6, 6.07) is 5.97. The van der Waals surface area contributed by atoms with Crippen molar-refractivity contribution < 1.29 is 9.90 Å². The van der Waals surface area contributed by atoms with E-state index in [4.69, 9.17) is 0 Å². The summed E-state index contributed by atoms with van der Waals surface area (Å²) in [7, 11) is 1.82. The number of hydrogen-bond donors (Lipinski definition) is 1. The molecule has 1 unspecified atom stereocenters. The molecule has 0 aliphatic carbocycles. The zero-order valence-corrected chi connectivity index (χ0v) is 13.3. The Kier molecular flexibility index (Phi) is 5.37. The Balaban J connectivity index is 2.06. The Hall–Kier alpha value is -1.39. The molecule has 1 heterocycles. The molecule has 0 radical (unpaired) electrons. The lowest BCUT2D eigenvalue weighted by molar-refractivity contribution is -0.118. The lowest BCUT2D eigenvalue weighted by Gasteiger charge is -2.27. The van der Waals surface area contributed by atoms with Crippen LogP contribution in [0.4, 0.5) is 5.69 Å². The second kappa shape index (κ2) is 7.05. The molecular formula is C17H26N2O2. The van der Waals surface area contributed by atoms with Gasteiger partial charge in [-0.3, -0.25) is 4.79 Å². The number of anilines is 1. The summed E-state index contributed by atoms with van der Waals surface area (Å²) in [6.45, 7) is 7.22. The molecule has 0 aromatic heterocycles. The number of aliphatic hydroxyl groups is 1. The number of rotatable bonds is 6. The van der Waals surface area contributed by atoms with Crippen LogP contribution < -0.4 is 4.90 Å². The predicted molar refractivity (Wildman–Crippen MR) is 85.5 cm³/mol. The quantitative estimate of drug-likeness (QED) is 0.874. The van der Waals surface area contributed by atoms with E-state index in [-0.39, 0.29) is 5.91 Å². The number of aryl methyl sites for hydroxylation is 1. The minimum Gasteiger partial charge on any atom is -0.388 e. The highest BCUT2D eigenvalue weighted by atomic mass is 16.3. The van der Waals surface area contributed by atoms with E-state index < -0.39 is 6.10 Å². The third kappa shape index (κ3) is 3.63. The summed E-state index contributed by atoms with van der Waals surface area (Å²) >= 11 is 0. The molecule has 0 bridgehead atoms. The second-order valence-corrected chi connectivity index (χ2v) is 5.67. The average Bonchev–Trinajstić information content (AvgIpc) is 2.51. The Labute approximate surface area is 127 Å². The zero-order valence-electron chi connectivity index (χ0n) is 13.3. The van der Waals surface area contributed by atoms with Gasteiger partial charge >= 0.3 is 0 Å². The molecule has 1 aliphatic rings. The van der Waals surface area contributed by atoms with Crippen molar-refractivity contribution in [1.82, 2.24) is 4.90 Å². The van der Waals surface area contributed by atoms with Crippen LogP contribution in [0.2, 0.25) is 0 Å². The van der Waals surface area contributed by atoms with Crippen molar-refractivity contribution in [3.05, 3.63) is 29.3 Å². The fraction of sp³-hybridized carbons (Fsp3) is 0.588. The van der Waals surface area contributed by atoms with Crippen LogP contribution in [0.15, 0.2) is 18.2 Å². The second-order valence-electron chi connectivity index (χ2n) is 5.67. The molecule has 2 rings (SSSR count). The first kappa shape index (κ1) is 16.0. The first-order chi connectivity index (χ1) is 10.1. The zero-order chi connectivity index (χ0) is 15.4. The van der Waals surface area contributed by atoms with E-state index in [1.165, 1.54) is 0 Å². The van der Waals surface area contributed by atoms with E-state index in [1.54, 1.807) is 4.90 Å². The van der Waals surface area contributed by atoms with Crippen molar-refractivity contribution in [3.8, 4) is 0 Å². The monoisotopic (exact) mass is 290 g/mol. The minimum atomic E-state index is -0.432.